The molecule has 1 N–H and O–H groups in total. The lowest BCUT2D eigenvalue weighted by Crippen LogP contribution is -2.38. The van der Waals surface area contributed by atoms with Crippen LogP contribution >= 0.6 is 0 Å². The van der Waals surface area contributed by atoms with E-state index in [2.05, 4.69) is 26.1 Å². The maximum atomic E-state index is 12.5. The number of amides is 2. The van der Waals surface area contributed by atoms with Gasteiger partial charge in [0.05, 0.1) is 7.11 Å². The smallest absolute Gasteiger partial charge is 0.244 e. The topological polar surface area (TPSA) is 58.6 Å². The Bertz CT molecular complexity index is 794. The molecule has 0 unspecified atom stereocenters. The average Bonchev–Trinajstić information content (AvgIpc) is 2.59. The third-order valence-corrected chi connectivity index (χ3v) is 4.04. The molecular formula is C21H26N2O3. The Morgan fingerprint density at radius 3 is 2.38 bits per heavy atom. The van der Waals surface area contributed by atoms with Crippen LogP contribution < -0.4 is 15.0 Å². The van der Waals surface area contributed by atoms with Gasteiger partial charge in [-0.3, -0.25) is 9.59 Å². The molecule has 0 aliphatic carbocycles. The fraction of sp³-hybridized carbons (Fsp3) is 0.333. The zero-order chi connectivity index (χ0) is 19.3. The number of nitrogens with one attached hydrogen (secondary N) is 1. The van der Waals surface area contributed by atoms with Crippen LogP contribution in [-0.2, 0) is 15.0 Å². The Balaban J connectivity index is 2.24. The van der Waals surface area contributed by atoms with Gasteiger partial charge in [-0.05, 0) is 29.2 Å². The molecule has 0 spiro atoms. The van der Waals surface area contributed by atoms with Gasteiger partial charge in [0.1, 0.15) is 12.3 Å². The second-order valence-electron chi connectivity index (χ2n) is 7.15. The minimum absolute atomic E-state index is 0.0559. The lowest BCUT2D eigenvalue weighted by molar-refractivity contribution is -0.120. The van der Waals surface area contributed by atoms with Crippen LogP contribution in [0.4, 0.5) is 11.4 Å². The summed E-state index contributed by atoms with van der Waals surface area (Å²) in [6, 6.07) is 14.8. The van der Waals surface area contributed by atoms with Crippen LogP contribution in [0.1, 0.15) is 33.3 Å². The number of nitrogens with zero attached hydrogens (tertiary/aromatic N) is 1. The van der Waals surface area contributed by atoms with Gasteiger partial charge in [0.15, 0.2) is 0 Å². The van der Waals surface area contributed by atoms with Gasteiger partial charge in [-0.15, -0.1) is 0 Å². The number of benzene rings is 2. The first-order valence-electron chi connectivity index (χ1n) is 8.54. The van der Waals surface area contributed by atoms with Gasteiger partial charge in [-0.25, -0.2) is 0 Å². The molecule has 0 saturated carbocycles. The second kappa shape index (κ2) is 8.04. The third-order valence-electron chi connectivity index (χ3n) is 4.04. The molecule has 0 radical (unpaired) electrons. The van der Waals surface area contributed by atoms with Crippen molar-refractivity contribution < 1.29 is 14.3 Å². The van der Waals surface area contributed by atoms with Crippen molar-refractivity contribution >= 4 is 23.2 Å². The summed E-state index contributed by atoms with van der Waals surface area (Å²) in [6.45, 7) is 7.67. The monoisotopic (exact) mass is 354 g/mol. The van der Waals surface area contributed by atoms with E-state index in [1.165, 1.54) is 11.8 Å². The lowest BCUT2D eigenvalue weighted by Gasteiger charge is -2.29. The number of carbonyl (C=O) groups excluding carboxylic acids is 2. The standard InChI is InChI=1S/C21H26N2O3/c1-15(24)23(19-12-7-6-11-18(19)21(2,3)4)14-20(25)22-16-9-8-10-17(13-16)26-5/h6-13H,14H2,1-5H3,(H,22,25). The molecule has 138 valence electrons. The normalized spacial score (nSPS) is 11.0. The molecule has 0 aliphatic heterocycles. The number of hydrogen-bond donors (Lipinski definition) is 1. The molecule has 0 aromatic heterocycles. The van der Waals surface area contributed by atoms with Crippen molar-refractivity contribution in [3.63, 3.8) is 0 Å². The quantitative estimate of drug-likeness (QED) is 0.883. The highest BCUT2D eigenvalue weighted by atomic mass is 16.5. The molecule has 0 fully saturated rings. The fourth-order valence-corrected chi connectivity index (χ4v) is 2.75. The van der Waals surface area contributed by atoms with Crippen molar-refractivity contribution in [3.05, 3.63) is 54.1 Å². The van der Waals surface area contributed by atoms with Gasteiger partial charge in [0.2, 0.25) is 11.8 Å². The molecule has 5 heteroatoms. The van der Waals surface area contributed by atoms with Crippen LogP contribution in [-0.4, -0.2) is 25.5 Å². The maximum Gasteiger partial charge on any atom is 0.244 e. The molecule has 2 amide bonds. The second-order valence-corrected chi connectivity index (χ2v) is 7.15. The predicted octanol–water partition coefficient (Wildman–Crippen LogP) is 3.98. The summed E-state index contributed by atoms with van der Waals surface area (Å²) in [7, 11) is 1.57. The number of para-hydroxylation sites is 1. The predicted molar refractivity (Wildman–Crippen MR) is 105 cm³/mol. The number of hydrogen-bond acceptors (Lipinski definition) is 3. The number of rotatable bonds is 5. The van der Waals surface area contributed by atoms with E-state index in [0.29, 0.717) is 11.4 Å². The first-order chi connectivity index (χ1) is 12.2. The zero-order valence-electron chi connectivity index (χ0n) is 16.0. The van der Waals surface area contributed by atoms with E-state index in [0.717, 1.165) is 11.3 Å². The van der Waals surface area contributed by atoms with Gasteiger partial charge in [0.25, 0.3) is 0 Å². The van der Waals surface area contributed by atoms with E-state index in [9.17, 15) is 9.59 Å². The summed E-state index contributed by atoms with van der Waals surface area (Å²) in [5, 5.41) is 2.82. The summed E-state index contributed by atoms with van der Waals surface area (Å²) < 4.78 is 5.16. The Morgan fingerprint density at radius 1 is 1.08 bits per heavy atom. The van der Waals surface area contributed by atoms with Crippen LogP contribution in [0.25, 0.3) is 0 Å². The number of carbonyl (C=O) groups is 2. The molecule has 0 atom stereocenters. The summed E-state index contributed by atoms with van der Waals surface area (Å²) in [4.78, 5) is 26.3. The van der Waals surface area contributed by atoms with Crippen molar-refractivity contribution in [2.75, 3.05) is 23.9 Å². The maximum absolute atomic E-state index is 12.5. The van der Waals surface area contributed by atoms with Crippen LogP contribution in [0.5, 0.6) is 5.75 Å². The van der Waals surface area contributed by atoms with Gasteiger partial charge < -0.3 is 15.0 Å². The molecule has 26 heavy (non-hydrogen) atoms. The molecular weight excluding hydrogens is 328 g/mol. The van der Waals surface area contributed by atoms with Crippen LogP contribution in [0.3, 0.4) is 0 Å². The van der Waals surface area contributed by atoms with E-state index in [1.807, 2.05) is 24.3 Å². The van der Waals surface area contributed by atoms with Gasteiger partial charge in [-0.1, -0.05) is 45.0 Å². The largest absolute Gasteiger partial charge is 0.497 e. The highest BCUT2D eigenvalue weighted by Crippen LogP contribution is 2.32. The highest BCUT2D eigenvalue weighted by Gasteiger charge is 2.24. The van der Waals surface area contributed by atoms with Crippen LogP contribution in [0, 0.1) is 0 Å². The van der Waals surface area contributed by atoms with E-state index in [4.69, 9.17) is 4.74 Å². The average molecular weight is 354 g/mol. The summed E-state index contributed by atoms with van der Waals surface area (Å²) in [5.74, 6) is 0.212. The van der Waals surface area contributed by atoms with E-state index >= 15 is 0 Å². The Morgan fingerprint density at radius 2 is 1.77 bits per heavy atom. The number of methoxy groups -OCH3 is 1. The molecule has 2 aromatic rings. The van der Waals surface area contributed by atoms with Gasteiger partial charge >= 0.3 is 0 Å². The Kier molecular flexibility index (Phi) is 6.03. The Hall–Kier alpha value is -2.82. The molecule has 0 heterocycles. The van der Waals surface area contributed by atoms with Crippen molar-refractivity contribution in [3.8, 4) is 5.75 Å². The van der Waals surface area contributed by atoms with E-state index in [1.54, 1.807) is 31.4 Å². The summed E-state index contributed by atoms with van der Waals surface area (Å²) in [6.07, 6.45) is 0. The van der Waals surface area contributed by atoms with E-state index < -0.39 is 0 Å². The van der Waals surface area contributed by atoms with Crippen molar-refractivity contribution in [2.24, 2.45) is 0 Å². The minimum Gasteiger partial charge on any atom is -0.497 e. The van der Waals surface area contributed by atoms with E-state index in [-0.39, 0.29) is 23.8 Å². The highest BCUT2D eigenvalue weighted by molar-refractivity contribution is 6.02. The number of anilines is 2. The minimum atomic E-state index is -0.267. The van der Waals surface area contributed by atoms with Gasteiger partial charge in [-0.2, -0.15) is 0 Å². The van der Waals surface area contributed by atoms with Gasteiger partial charge in [0, 0.05) is 24.4 Å². The molecule has 2 rings (SSSR count). The Labute approximate surface area is 155 Å². The first-order valence-corrected chi connectivity index (χ1v) is 8.54. The lowest BCUT2D eigenvalue weighted by atomic mass is 9.85. The number of ether oxygens (including phenoxy) is 1. The third kappa shape index (κ3) is 4.85. The van der Waals surface area contributed by atoms with Crippen LogP contribution in [0.15, 0.2) is 48.5 Å². The van der Waals surface area contributed by atoms with Crippen molar-refractivity contribution in [1.82, 2.24) is 0 Å². The SMILES string of the molecule is COc1cccc(NC(=O)CN(C(C)=O)c2ccccc2C(C)(C)C)c1. The summed E-state index contributed by atoms with van der Waals surface area (Å²) in [5.41, 5.74) is 2.26. The summed E-state index contributed by atoms with van der Waals surface area (Å²) >= 11 is 0. The van der Waals surface area contributed by atoms with Crippen molar-refractivity contribution in [2.45, 2.75) is 33.1 Å². The van der Waals surface area contributed by atoms with Crippen molar-refractivity contribution in [1.29, 1.82) is 0 Å². The molecule has 5 nitrogen and oxygen atoms in total. The molecule has 0 saturated heterocycles. The molecule has 0 bridgehead atoms. The molecule has 2 aromatic carbocycles. The zero-order valence-corrected chi connectivity index (χ0v) is 16.0. The van der Waals surface area contributed by atoms with Crippen LogP contribution in [0.2, 0.25) is 0 Å². The molecule has 0 aliphatic rings. The first kappa shape index (κ1) is 19.5. The fourth-order valence-electron chi connectivity index (χ4n) is 2.75.